The number of benzene rings is 1. The quantitative estimate of drug-likeness (QED) is 0.787. The van der Waals surface area contributed by atoms with Crippen LogP contribution in [0.1, 0.15) is 18.0 Å². The van der Waals surface area contributed by atoms with Crippen LogP contribution < -0.4 is 10.6 Å². The van der Waals surface area contributed by atoms with Crippen molar-refractivity contribution < 1.29 is 14.7 Å². The van der Waals surface area contributed by atoms with Crippen molar-refractivity contribution >= 4 is 33.5 Å². The number of hydrogen-bond acceptors (Lipinski definition) is 3. The first-order valence-electron chi connectivity index (χ1n) is 5.13. The first-order valence-corrected chi connectivity index (χ1v) is 5.93. The SMILES string of the molecule is O=C(O)CCNC1C(=O)Nc2ccc(Br)cc21. The Morgan fingerprint density at radius 2 is 2.29 bits per heavy atom. The molecule has 1 unspecified atom stereocenters. The van der Waals surface area contributed by atoms with Crippen molar-refractivity contribution in [3.63, 3.8) is 0 Å². The molecule has 1 aromatic rings. The Kier molecular flexibility index (Phi) is 3.44. The van der Waals surface area contributed by atoms with Gasteiger partial charge in [0.25, 0.3) is 0 Å². The molecule has 0 spiro atoms. The second kappa shape index (κ2) is 4.85. The molecular weight excluding hydrogens is 288 g/mol. The number of carbonyl (C=O) groups excluding carboxylic acids is 1. The average Bonchev–Trinajstić information content (AvgIpc) is 2.55. The molecule has 0 saturated carbocycles. The molecule has 6 heteroatoms. The van der Waals surface area contributed by atoms with Gasteiger partial charge in [-0.05, 0) is 18.2 Å². The van der Waals surface area contributed by atoms with Crippen molar-refractivity contribution in [1.29, 1.82) is 0 Å². The Morgan fingerprint density at radius 3 is 3.00 bits per heavy atom. The van der Waals surface area contributed by atoms with Crippen LogP contribution in [-0.4, -0.2) is 23.5 Å². The smallest absolute Gasteiger partial charge is 0.304 e. The molecule has 1 aromatic carbocycles. The maximum atomic E-state index is 11.7. The number of amides is 1. The zero-order valence-corrected chi connectivity index (χ0v) is 10.5. The molecule has 0 fully saturated rings. The van der Waals surface area contributed by atoms with Crippen LogP contribution in [0.2, 0.25) is 0 Å². The Labute approximate surface area is 106 Å². The molecule has 0 radical (unpaired) electrons. The Morgan fingerprint density at radius 1 is 1.53 bits per heavy atom. The van der Waals surface area contributed by atoms with Crippen LogP contribution >= 0.6 is 15.9 Å². The van der Waals surface area contributed by atoms with Gasteiger partial charge < -0.3 is 15.7 Å². The zero-order valence-electron chi connectivity index (χ0n) is 8.87. The predicted molar refractivity (Wildman–Crippen MR) is 65.8 cm³/mol. The fraction of sp³-hybridized carbons (Fsp3) is 0.273. The summed E-state index contributed by atoms with van der Waals surface area (Å²) in [5.74, 6) is -1.03. The predicted octanol–water partition coefficient (Wildman–Crippen LogP) is 1.51. The van der Waals surface area contributed by atoms with Crippen LogP contribution in [-0.2, 0) is 9.59 Å². The van der Waals surface area contributed by atoms with Crippen molar-refractivity contribution in [3.8, 4) is 0 Å². The molecule has 0 bridgehead atoms. The van der Waals surface area contributed by atoms with Gasteiger partial charge in [0.2, 0.25) is 5.91 Å². The third-order valence-corrected chi connectivity index (χ3v) is 3.03. The van der Waals surface area contributed by atoms with E-state index in [0.29, 0.717) is 0 Å². The molecule has 1 heterocycles. The van der Waals surface area contributed by atoms with E-state index < -0.39 is 12.0 Å². The van der Waals surface area contributed by atoms with E-state index in [1.54, 1.807) is 0 Å². The van der Waals surface area contributed by atoms with E-state index in [-0.39, 0.29) is 18.9 Å². The maximum Gasteiger partial charge on any atom is 0.304 e. The highest BCUT2D eigenvalue weighted by atomic mass is 79.9. The second-order valence-electron chi connectivity index (χ2n) is 3.75. The highest BCUT2D eigenvalue weighted by molar-refractivity contribution is 9.10. The largest absolute Gasteiger partial charge is 0.481 e. The lowest BCUT2D eigenvalue weighted by molar-refractivity contribution is -0.137. The summed E-state index contributed by atoms with van der Waals surface area (Å²) in [6, 6.07) is 5.04. The van der Waals surface area contributed by atoms with Gasteiger partial charge in [0, 0.05) is 22.3 Å². The van der Waals surface area contributed by atoms with Crippen LogP contribution in [0.4, 0.5) is 5.69 Å². The van der Waals surface area contributed by atoms with Crippen molar-refractivity contribution in [2.45, 2.75) is 12.5 Å². The molecule has 1 aliphatic heterocycles. The van der Waals surface area contributed by atoms with Crippen LogP contribution in [0.5, 0.6) is 0 Å². The summed E-state index contributed by atoms with van der Waals surface area (Å²) >= 11 is 3.34. The Bertz CT molecular complexity index is 476. The standard InChI is InChI=1S/C11H11BrN2O3/c12-6-1-2-8-7(5-6)10(11(17)14-8)13-4-3-9(15)16/h1-2,5,10,13H,3-4H2,(H,14,17)(H,15,16). The van der Waals surface area contributed by atoms with Gasteiger partial charge in [-0.1, -0.05) is 15.9 Å². The van der Waals surface area contributed by atoms with E-state index in [4.69, 9.17) is 5.11 Å². The lowest BCUT2D eigenvalue weighted by atomic mass is 10.1. The van der Waals surface area contributed by atoms with Crippen molar-refractivity contribution in [3.05, 3.63) is 28.2 Å². The molecule has 3 N–H and O–H groups in total. The van der Waals surface area contributed by atoms with Gasteiger partial charge in [0.05, 0.1) is 6.42 Å². The van der Waals surface area contributed by atoms with Gasteiger partial charge >= 0.3 is 5.97 Å². The normalized spacial score (nSPS) is 17.7. The summed E-state index contributed by atoms with van der Waals surface area (Å²) in [4.78, 5) is 22.1. The van der Waals surface area contributed by atoms with E-state index in [1.165, 1.54) is 0 Å². The molecule has 0 aromatic heterocycles. The van der Waals surface area contributed by atoms with Crippen molar-refractivity contribution in [2.75, 3.05) is 11.9 Å². The third-order valence-electron chi connectivity index (χ3n) is 2.53. The van der Waals surface area contributed by atoms with Gasteiger partial charge in [0.1, 0.15) is 6.04 Å². The minimum absolute atomic E-state index is 0.00683. The number of nitrogens with one attached hydrogen (secondary N) is 2. The van der Waals surface area contributed by atoms with Gasteiger partial charge in [-0.3, -0.25) is 9.59 Å². The van der Waals surface area contributed by atoms with Crippen LogP contribution in [0.3, 0.4) is 0 Å². The van der Waals surface area contributed by atoms with Gasteiger partial charge in [-0.25, -0.2) is 0 Å². The fourth-order valence-corrected chi connectivity index (χ4v) is 2.14. The molecule has 5 nitrogen and oxygen atoms in total. The third kappa shape index (κ3) is 2.65. The zero-order chi connectivity index (χ0) is 12.4. The second-order valence-corrected chi connectivity index (χ2v) is 4.67. The first kappa shape index (κ1) is 12.1. The fourth-order valence-electron chi connectivity index (χ4n) is 1.76. The number of carboxylic acid groups (broad SMARTS) is 1. The number of halogens is 1. The number of carbonyl (C=O) groups is 2. The van der Waals surface area contributed by atoms with E-state index in [0.717, 1.165) is 15.7 Å². The minimum atomic E-state index is -0.884. The van der Waals surface area contributed by atoms with Crippen molar-refractivity contribution in [2.24, 2.45) is 0 Å². The Hall–Kier alpha value is -1.40. The highest BCUT2D eigenvalue weighted by Crippen LogP contribution is 2.32. The van der Waals surface area contributed by atoms with Gasteiger partial charge in [0.15, 0.2) is 0 Å². The number of rotatable bonds is 4. The first-order chi connectivity index (χ1) is 8.08. The summed E-state index contributed by atoms with van der Waals surface area (Å²) in [5, 5.41) is 14.2. The number of carboxylic acids is 1. The molecular formula is C11H11BrN2O3. The number of hydrogen-bond donors (Lipinski definition) is 3. The van der Waals surface area contributed by atoms with E-state index in [1.807, 2.05) is 18.2 Å². The molecule has 1 atom stereocenters. The summed E-state index contributed by atoms with van der Waals surface area (Å²) in [6.45, 7) is 0.263. The van der Waals surface area contributed by atoms with Crippen LogP contribution in [0.15, 0.2) is 22.7 Å². The number of fused-ring (bicyclic) bond motifs is 1. The molecule has 90 valence electrons. The van der Waals surface area contributed by atoms with E-state index >= 15 is 0 Å². The molecule has 0 saturated heterocycles. The molecule has 1 aliphatic rings. The van der Waals surface area contributed by atoms with E-state index in [9.17, 15) is 9.59 Å². The van der Waals surface area contributed by atoms with Crippen LogP contribution in [0.25, 0.3) is 0 Å². The molecule has 17 heavy (non-hydrogen) atoms. The summed E-state index contributed by atoms with van der Waals surface area (Å²) in [6.07, 6.45) is -0.00683. The average molecular weight is 299 g/mol. The molecule has 0 aliphatic carbocycles. The lowest BCUT2D eigenvalue weighted by Gasteiger charge is -2.10. The highest BCUT2D eigenvalue weighted by Gasteiger charge is 2.29. The minimum Gasteiger partial charge on any atom is -0.481 e. The summed E-state index contributed by atoms with van der Waals surface area (Å²) in [7, 11) is 0. The van der Waals surface area contributed by atoms with Gasteiger partial charge in [-0.2, -0.15) is 0 Å². The number of anilines is 1. The number of aliphatic carboxylic acids is 1. The summed E-state index contributed by atoms with van der Waals surface area (Å²) < 4.78 is 0.887. The van der Waals surface area contributed by atoms with E-state index in [2.05, 4.69) is 26.6 Å². The topological polar surface area (TPSA) is 78.4 Å². The molecule has 1 amide bonds. The monoisotopic (exact) mass is 298 g/mol. The Balaban J connectivity index is 2.11. The van der Waals surface area contributed by atoms with Gasteiger partial charge in [-0.15, -0.1) is 0 Å². The molecule has 2 rings (SSSR count). The summed E-state index contributed by atoms with van der Waals surface area (Å²) in [5.41, 5.74) is 1.61. The lowest BCUT2D eigenvalue weighted by Crippen LogP contribution is -2.29. The van der Waals surface area contributed by atoms with Crippen LogP contribution in [0, 0.1) is 0 Å². The van der Waals surface area contributed by atoms with Crippen molar-refractivity contribution in [1.82, 2.24) is 5.32 Å². The maximum absolute atomic E-state index is 11.7.